The number of aryl methyl sites for hydroxylation is 1. The van der Waals surface area contributed by atoms with Crippen molar-refractivity contribution in [3.63, 3.8) is 0 Å². The third-order valence-corrected chi connectivity index (χ3v) is 13.0. The number of amides is 6. The molecule has 1 rings (SSSR count). The molecule has 0 radical (unpaired) electrons. The van der Waals surface area contributed by atoms with Crippen molar-refractivity contribution >= 4 is 46.7 Å². The van der Waals surface area contributed by atoms with Crippen molar-refractivity contribution < 1.29 is 79.6 Å². The van der Waals surface area contributed by atoms with Crippen LogP contribution in [-0.2, 0) is 54.4 Å². The summed E-state index contributed by atoms with van der Waals surface area (Å²) in [5, 5.41) is 0. The summed E-state index contributed by atoms with van der Waals surface area (Å²) in [5.41, 5.74) is -3.36. The lowest BCUT2D eigenvalue weighted by molar-refractivity contribution is 0.00230. The van der Waals surface area contributed by atoms with Crippen LogP contribution in [0.15, 0.2) is 23.1 Å². The number of likely N-dealkylation sites (N-methyl/N-ethyl adjacent to an activating group) is 1. The normalized spacial score (nSPS) is 12.4. The van der Waals surface area contributed by atoms with Crippen LogP contribution < -0.4 is 0 Å². The van der Waals surface area contributed by atoms with Crippen LogP contribution in [0.4, 0.5) is 28.8 Å². The predicted octanol–water partition coefficient (Wildman–Crippen LogP) is 12.0. The highest BCUT2D eigenvalue weighted by atomic mass is 32.2. The van der Waals surface area contributed by atoms with E-state index in [-0.39, 0.29) is 96.6 Å². The number of rotatable bonds is 33. The van der Waals surface area contributed by atoms with Gasteiger partial charge in [-0.25, -0.2) is 28.8 Å². The predicted molar refractivity (Wildman–Crippen MR) is 331 cm³/mol. The second-order valence-corrected chi connectivity index (χ2v) is 28.8. The lowest BCUT2D eigenvalue weighted by Crippen LogP contribution is -2.48. The Kier molecular flexibility index (Phi) is 33.1. The van der Waals surface area contributed by atoms with E-state index >= 15 is 0 Å². The van der Waals surface area contributed by atoms with Gasteiger partial charge in [0.15, 0.2) is 0 Å². The van der Waals surface area contributed by atoms with Gasteiger partial charge >= 0.3 is 36.6 Å². The average molecular weight is 1250 g/mol. The van der Waals surface area contributed by atoms with Crippen LogP contribution in [0.25, 0.3) is 0 Å². The van der Waals surface area contributed by atoms with Crippen LogP contribution in [0.3, 0.4) is 0 Å². The first-order chi connectivity index (χ1) is 39.4. The van der Waals surface area contributed by atoms with Gasteiger partial charge in [-0.05, 0) is 169 Å². The lowest BCUT2D eigenvalue weighted by Gasteiger charge is -2.33. The Labute approximate surface area is 516 Å². The highest BCUT2D eigenvalue weighted by molar-refractivity contribution is 7.85. The maximum Gasteiger partial charge on any atom is 0.410 e. The summed E-state index contributed by atoms with van der Waals surface area (Å²) >= 11 is 0. The molecule has 0 aromatic heterocycles. The van der Waals surface area contributed by atoms with E-state index in [1.165, 1.54) is 25.7 Å². The fraction of sp³-hybridized carbons (Fsp3) is 0.806. The van der Waals surface area contributed by atoms with Gasteiger partial charge in [-0.1, -0.05) is 49.8 Å². The number of hydrogen-bond acceptors (Lipinski definition) is 16. The molecular weight excluding hydrogens is 1130 g/mol. The molecule has 0 aliphatic rings. The van der Waals surface area contributed by atoms with Gasteiger partial charge in [-0.2, -0.15) is 8.42 Å². The molecule has 1 N–H and O–H groups in total. The maximum atomic E-state index is 13.8. The Morgan fingerprint density at radius 1 is 0.384 bits per heavy atom. The molecule has 23 nitrogen and oxygen atoms in total. The number of nitrogens with zero attached hydrogens (tertiary/aromatic N) is 6. The molecule has 0 unspecified atom stereocenters. The first-order valence-corrected chi connectivity index (χ1v) is 31.9. The Bertz CT molecular complexity index is 2350. The molecule has 0 bridgehead atoms. The minimum atomic E-state index is -4.39. The van der Waals surface area contributed by atoms with Gasteiger partial charge in [0.1, 0.15) is 33.6 Å². The number of ether oxygens (including phenoxy) is 8. The molecule has 0 aliphatic carbocycles. The van der Waals surface area contributed by atoms with Gasteiger partial charge in [0.25, 0.3) is 10.1 Å². The number of hydrogen-bond donors (Lipinski definition) is 1. The number of unbranched alkanes of at least 4 members (excludes halogenated alkanes) is 6. The molecule has 0 heterocycles. The molecule has 24 heteroatoms. The van der Waals surface area contributed by atoms with Crippen molar-refractivity contribution in [1.29, 1.82) is 0 Å². The van der Waals surface area contributed by atoms with Crippen molar-refractivity contribution in [1.82, 2.24) is 29.4 Å². The van der Waals surface area contributed by atoms with E-state index in [4.69, 9.17) is 37.9 Å². The topological polar surface area (TPSA) is 250 Å². The summed E-state index contributed by atoms with van der Waals surface area (Å²) in [6, 6.07) is 4.66. The highest BCUT2D eigenvalue weighted by Crippen LogP contribution is 2.21. The SMILES string of the molecule is CCN(CCN(CCN(CCCCCCCCCN(CCN(CCN(CCOCCOCCc1cc(C)ccc1S(=O)(=O)O)C(=O)OC(C)(C)C)C(=O)OC(C)(C)C)C(=O)OC(C)(C)C)C(=O)OC(C)(C)C)C(=O)OC(C)(C)C)C(=O)OC(C)(C)C. The van der Waals surface area contributed by atoms with Crippen LogP contribution >= 0.6 is 0 Å². The van der Waals surface area contributed by atoms with Crippen LogP contribution in [0.2, 0.25) is 0 Å². The molecule has 0 spiro atoms. The van der Waals surface area contributed by atoms with Gasteiger partial charge in [0.05, 0.1) is 31.3 Å². The van der Waals surface area contributed by atoms with Crippen molar-refractivity contribution in [2.75, 3.05) is 105 Å². The van der Waals surface area contributed by atoms with E-state index in [0.29, 0.717) is 38.0 Å². The van der Waals surface area contributed by atoms with E-state index < -0.39 is 80.3 Å². The second-order valence-electron chi connectivity index (χ2n) is 27.4. The zero-order chi connectivity index (χ0) is 65.9. The van der Waals surface area contributed by atoms with Crippen LogP contribution in [0, 0.1) is 6.92 Å². The molecule has 1 aromatic rings. The molecule has 0 saturated carbocycles. The van der Waals surface area contributed by atoms with Gasteiger partial charge in [0.2, 0.25) is 0 Å². The largest absolute Gasteiger partial charge is 0.444 e. The number of carbonyl (C=O) groups excluding carboxylic acids is 6. The van der Waals surface area contributed by atoms with Crippen LogP contribution in [-0.4, -0.2) is 218 Å². The van der Waals surface area contributed by atoms with Gasteiger partial charge < -0.3 is 67.3 Å². The third-order valence-electron chi connectivity index (χ3n) is 12.1. The third kappa shape index (κ3) is 37.4. The van der Waals surface area contributed by atoms with E-state index in [1.807, 2.05) is 13.8 Å². The molecular formula is C62H112N6O17S. The molecule has 86 heavy (non-hydrogen) atoms. The molecule has 0 atom stereocenters. The molecule has 1 aromatic carbocycles. The Balaban J connectivity index is 3.03. The van der Waals surface area contributed by atoms with Gasteiger partial charge in [-0.15, -0.1) is 0 Å². The van der Waals surface area contributed by atoms with Gasteiger partial charge in [-0.3, -0.25) is 4.55 Å². The minimum absolute atomic E-state index is 0.0410. The maximum absolute atomic E-state index is 13.8. The van der Waals surface area contributed by atoms with E-state index in [9.17, 15) is 41.7 Å². The van der Waals surface area contributed by atoms with E-state index in [0.717, 1.165) is 37.7 Å². The second kappa shape index (κ2) is 36.2. The summed E-state index contributed by atoms with van der Waals surface area (Å²) in [6.07, 6.45) is 2.64. The smallest absolute Gasteiger partial charge is 0.410 e. The summed E-state index contributed by atoms with van der Waals surface area (Å²) in [6.45, 7) is 38.6. The standard InChI is InChI=1S/C62H112N6O17S/c1-21-63(51(69)80-57(3,4)5)34-35-66(54(72)83-60(12,13)14)38-36-64(52(70)81-58(6,7)8)32-27-25-23-22-24-26-28-33-65(53(71)82-59(9,10)11)37-39-67(55(73)84-61(15,16)17)40-41-68(56(74)85-62(18,19)20)42-44-79-46-45-78-43-31-49-47-48(2)29-30-50(49)86(75,76)77/h29-30,47H,21-28,31-46H2,1-20H3,(H,75,76,77). The molecule has 0 fully saturated rings. The lowest BCUT2D eigenvalue weighted by atomic mass is 10.1. The fourth-order valence-corrected chi connectivity index (χ4v) is 8.83. The Morgan fingerprint density at radius 2 is 0.651 bits per heavy atom. The summed E-state index contributed by atoms with van der Waals surface area (Å²) in [4.78, 5) is 90.0. The summed E-state index contributed by atoms with van der Waals surface area (Å²) in [7, 11) is -4.39. The first kappa shape index (κ1) is 78.7. The highest BCUT2D eigenvalue weighted by Gasteiger charge is 2.31. The van der Waals surface area contributed by atoms with Crippen molar-refractivity contribution in [3.8, 4) is 0 Å². The van der Waals surface area contributed by atoms with E-state index in [2.05, 4.69) is 0 Å². The number of carbonyl (C=O) groups is 6. The summed E-state index contributed by atoms with van der Waals surface area (Å²) in [5.74, 6) is 0. The van der Waals surface area contributed by atoms with Crippen LogP contribution in [0.1, 0.15) is 188 Å². The zero-order valence-electron chi connectivity index (χ0n) is 56.3. The summed E-state index contributed by atoms with van der Waals surface area (Å²) < 4.78 is 79.3. The average Bonchev–Trinajstić information content (AvgIpc) is 1.76. The van der Waals surface area contributed by atoms with Crippen molar-refractivity contribution in [2.45, 2.75) is 228 Å². The Hall–Kier alpha value is -5.33. The van der Waals surface area contributed by atoms with Crippen molar-refractivity contribution in [3.05, 3.63) is 29.3 Å². The number of benzene rings is 1. The Morgan fingerprint density at radius 3 is 0.953 bits per heavy atom. The van der Waals surface area contributed by atoms with E-state index in [1.54, 1.807) is 147 Å². The quantitative estimate of drug-likeness (QED) is 0.0390. The molecule has 498 valence electrons. The van der Waals surface area contributed by atoms with Gasteiger partial charge in [0, 0.05) is 78.5 Å². The monoisotopic (exact) mass is 1240 g/mol. The first-order valence-electron chi connectivity index (χ1n) is 30.5. The molecule has 6 amide bonds. The van der Waals surface area contributed by atoms with Crippen molar-refractivity contribution in [2.24, 2.45) is 0 Å². The molecule has 0 saturated heterocycles. The fourth-order valence-electron chi connectivity index (χ4n) is 8.10. The minimum Gasteiger partial charge on any atom is -0.444 e. The van der Waals surface area contributed by atoms with Crippen LogP contribution in [0.5, 0.6) is 0 Å². The molecule has 0 aliphatic heterocycles. The zero-order valence-corrected chi connectivity index (χ0v) is 57.1.